The molecule has 0 radical (unpaired) electrons. The molecule has 4 aromatic heterocycles. The number of carbonyl (C=O) groups excluding carboxylic acids is 1. The van der Waals surface area contributed by atoms with Crippen LogP contribution in [0.25, 0.3) is 17.0 Å². The molecule has 9 nitrogen and oxygen atoms in total. The molecule has 12 heteroatoms. The first-order chi connectivity index (χ1) is 16.4. The number of nitrogens with zero attached hydrogens (tertiary/aromatic N) is 7. The number of carbonyl (C=O) groups is 1. The highest BCUT2D eigenvalue weighted by molar-refractivity contribution is 9.11. The van der Waals surface area contributed by atoms with E-state index in [0.717, 1.165) is 16.6 Å². The molecule has 0 bridgehead atoms. The normalized spacial score (nSPS) is 11.3. The van der Waals surface area contributed by atoms with Gasteiger partial charge in [0.05, 0.1) is 21.2 Å². The van der Waals surface area contributed by atoms with E-state index in [4.69, 9.17) is 11.6 Å². The molecular formula is C22H17Br2ClN8O. The quantitative estimate of drug-likeness (QED) is 0.284. The molecular weight excluding hydrogens is 588 g/mol. The zero-order valence-electron chi connectivity index (χ0n) is 17.8. The minimum absolute atomic E-state index is 0.207. The highest BCUT2D eigenvalue weighted by atomic mass is 79.9. The Labute approximate surface area is 216 Å². The summed E-state index contributed by atoms with van der Waals surface area (Å²) in [4.78, 5) is 17.3. The van der Waals surface area contributed by atoms with Crippen molar-refractivity contribution in [3.05, 3.63) is 80.2 Å². The first kappa shape index (κ1) is 22.8. The van der Waals surface area contributed by atoms with Gasteiger partial charge in [-0.3, -0.25) is 14.2 Å². The molecule has 172 valence electrons. The molecule has 0 fully saturated rings. The van der Waals surface area contributed by atoms with E-state index in [0.29, 0.717) is 38.9 Å². The molecule has 1 aromatic carbocycles. The number of halogens is 3. The molecule has 4 heterocycles. The van der Waals surface area contributed by atoms with Crippen molar-refractivity contribution in [1.82, 2.24) is 34.2 Å². The number of benzene rings is 1. The second kappa shape index (κ2) is 9.32. The van der Waals surface area contributed by atoms with Gasteiger partial charge in [0, 0.05) is 36.2 Å². The van der Waals surface area contributed by atoms with Crippen LogP contribution < -0.4 is 5.32 Å². The summed E-state index contributed by atoms with van der Waals surface area (Å²) >= 11 is 13.3. The first-order valence-corrected chi connectivity index (χ1v) is 12.2. The third kappa shape index (κ3) is 4.38. The lowest BCUT2D eigenvalue weighted by molar-refractivity contribution is 0.102. The smallest absolute Gasteiger partial charge is 0.277 e. The van der Waals surface area contributed by atoms with Gasteiger partial charge in [-0.25, -0.2) is 9.50 Å². The summed E-state index contributed by atoms with van der Waals surface area (Å²) in [6.07, 6.45) is 5.34. The van der Waals surface area contributed by atoms with Crippen LogP contribution in [0.5, 0.6) is 0 Å². The molecule has 0 aliphatic carbocycles. The highest BCUT2D eigenvalue weighted by Crippen LogP contribution is 2.27. The summed E-state index contributed by atoms with van der Waals surface area (Å²) in [7, 11) is 0. The summed E-state index contributed by atoms with van der Waals surface area (Å²) in [5.74, 6) is -0.0231. The number of amides is 1. The van der Waals surface area contributed by atoms with Gasteiger partial charge in [-0.2, -0.15) is 15.3 Å². The maximum atomic E-state index is 13.0. The molecule has 0 aliphatic heterocycles. The maximum absolute atomic E-state index is 13.0. The fourth-order valence-electron chi connectivity index (χ4n) is 3.45. The maximum Gasteiger partial charge on any atom is 0.277 e. The molecule has 0 unspecified atom stereocenters. The Morgan fingerprint density at radius 2 is 1.85 bits per heavy atom. The Morgan fingerprint density at radius 1 is 1.06 bits per heavy atom. The average molecular weight is 605 g/mol. The van der Waals surface area contributed by atoms with Crippen LogP contribution in [-0.2, 0) is 13.1 Å². The van der Waals surface area contributed by atoms with E-state index in [1.54, 1.807) is 27.7 Å². The average Bonchev–Trinajstić information content (AvgIpc) is 3.52. The van der Waals surface area contributed by atoms with Crippen LogP contribution >= 0.6 is 43.5 Å². The van der Waals surface area contributed by atoms with Gasteiger partial charge < -0.3 is 5.32 Å². The van der Waals surface area contributed by atoms with E-state index < -0.39 is 5.91 Å². The molecule has 0 atom stereocenters. The fourth-order valence-corrected chi connectivity index (χ4v) is 4.58. The van der Waals surface area contributed by atoms with Crippen LogP contribution in [0.3, 0.4) is 0 Å². The van der Waals surface area contributed by atoms with Crippen LogP contribution in [0.2, 0.25) is 5.02 Å². The largest absolute Gasteiger partial charge is 0.303 e. The monoisotopic (exact) mass is 602 g/mol. The number of nitrogens with one attached hydrogen (secondary N) is 1. The molecule has 1 amide bonds. The second-order valence-electron chi connectivity index (χ2n) is 7.38. The molecule has 34 heavy (non-hydrogen) atoms. The van der Waals surface area contributed by atoms with Crippen LogP contribution in [0.4, 0.5) is 5.82 Å². The first-order valence-electron chi connectivity index (χ1n) is 10.3. The van der Waals surface area contributed by atoms with Crippen LogP contribution in [-0.4, -0.2) is 40.1 Å². The van der Waals surface area contributed by atoms with Crippen molar-refractivity contribution in [3.63, 3.8) is 0 Å². The Kier molecular flexibility index (Phi) is 6.24. The van der Waals surface area contributed by atoms with Gasteiger partial charge in [0.1, 0.15) is 5.69 Å². The van der Waals surface area contributed by atoms with E-state index in [2.05, 4.69) is 57.5 Å². The Bertz CT molecular complexity index is 1520. The lowest BCUT2D eigenvalue weighted by Crippen LogP contribution is -2.14. The molecule has 5 aromatic rings. The third-order valence-corrected chi connectivity index (χ3v) is 6.64. The van der Waals surface area contributed by atoms with Crippen molar-refractivity contribution in [2.45, 2.75) is 20.0 Å². The molecule has 1 N–H and O–H groups in total. The van der Waals surface area contributed by atoms with E-state index >= 15 is 0 Å². The molecule has 0 saturated heterocycles. The molecule has 5 rings (SSSR count). The predicted molar refractivity (Wildman–Crippen MR) is 136 cm³/mol. The van der Waals surface area contributed by atoms with Gasteiger partial charge in [-0.1, -0.05) is 29.8 Å². The molecule has 0 spiro atoms. The van der Waals surface area contributed by atoms with Gasteiger partial charge >= 0.3 is 0 Å². The van der Waals surface area contributed by atoms with Gasteiger partial charge in [-0.15, -0.1) is 0 Å². The Morgan fingerprint density at radius 3 is 2.62 bits per heavy atom. The number of anilines is 1. The minimum Gasteiger partial charge on any atom is -0.303 e. The number of fused-ring (bicyclic) bond motifs is 1. The fraction of sp³-hybridized carbons (Fsp3) is 0.136. The zero-order valence-corrected chi connectivity index (χ0v) is 21.7. The number of aryl methyl sites for hydroxylation is 1. The van der Waals surface area contributed by atoms with E-state index in [-0.39, 0.29) is 5.69 Å². The lowest BCUT2D eigenvalue weighted by atomic mass is 10.2. The number of aromatic nitrogens is 7. The summed E-state index contributed by atoms with van der Waals surface area (Å²) in [5.41, 5.74) is 3.09. The van der Waals surface area contributed by atoms with E-state index in [9.17, 15) is 4.79 Å². The Hall–Kier alpha value is -3.02. The van der Waals surface area contributed by atoms with Crippen molar-refractivity contribution in [1.29, 1.82) is 0 Å². The summed E-state index contributed by atoms with van der Waals surface area (Å²) < 4.78 is 6.60. The summed E-state index contributed by atoms with van der Waals surface area (Å²) in [6.45, 7) is 3.21. The van der Waals surface area contributed by atoms with Crippen molar-refractivity contribution in [2.24, 2.45) is 0 Å². The number of hydrogen-bond acceptors (Lipinski definition) is 5. The van der Waals surface area contributed by atoms with Gasteiger partial charge in [0.25, 0.3) is 5.91 Å². The van der Waals surface area contributed by atoms with Crippen molar-refractivity contribution >= 4 is 60.8 Å². The lowest BCUT2D eigenvalue weighted by Gasteiger charge is -2.04. The Balaban J connectivity index is 1.41. The van der Waals surface area contributed by atoms with Crippen LogP contribution in [0, 0.1) is 0 Å². The van der Waals surface area contributed by atoms with Crippen molar-refractivity contribution in [2.75, 3.05) is 5.32 Å². The number of rotatable bonds is 6. The van der Waals surface area contributed by atoms with Crippen molar-refractivity contribution in [3.8, 4) is 11.4 Å². The van der Waals surface area contributed by atoms with Gasteiger partial charge in [-0.05, 0) is 56.5 Å². The topological polar surface area (TPSA) is 94.9 Å². The zero-order chi connectivity index (χ0) is 23.8. The van der Waals surface area contributed by atoms with E-state index in [1.807, 2.05) is 48.1 Å². The van der Waals surface area contributed by atoms with E-state index in [1.165, 1.54) is 0 Å². The van der Waals surface area contributed by atoms with Crippen LogP contribution in [0.1, 0.15) is 23.0 Å². The molecule has 0 aliphatic rings. The molecule has 0 saturated carbocycles. The van der Waals surface area contributed by atoms with Gasteiger partial charge in [0.2, 0.25) is 0 Å². The minimum atomic E-state index is -0.404. The standard InChI is InChI=1S/C22H17Br2ClN8O/c1-2-31-11-14(23)20(29-31)18-7-8-26-19-9-17(28-33(18)19)22(34)27-21-15(24)12-32(30-21)10-13-5-3-4-6-16(13)25/h3-9,11-12H,2,10H2,1H3,(H,27,30,34). The summed E-state index contributed by atoms with van der Waals surface area (Å²) in [6, 6.07) is 11.0. The number of hydrogen-bond donors (Lipinski definition) is 1. The SMILES string of the molecule is CCn1cc(Br)c(-c2ccnc3cc(C(=O)Nc4nn(Cc5ccccc5Cl)cc4Br)nn23)n1. The predicted octanol–water partition coefficient (Wildman–Crippen LogP) is 5.29. The van der Waals surface area contributed by atoms with Gasteiger partial charge in [0.15, 0.2) is 17.2 Å². The second-order valence-corrected chi connectivity index (χ2v) is 9.50. The summed E-state index contributed by atoms with van der Waals surface area (Å²) in [5, 5.41) is 17.0. The third-order valence-electron chi connectivity index (χ3n) is 5.11. The highest BCUT2D eigenvalue weighted by Gasteiger charge is 2.19. The van der Waals surface area contributed by atoms with Crippen LogP contribution in [0.15, 0.2) is 63.9 Å². The van der Waals surface area contributed by atoms with Crippen molar-refractivity contribution < 1.29 is 4.79 Å².